The highest BCUT2D eigenvalue weighted by atomic mass is 35.5. The molecule has 1 aromatic rings. The third-order valence-electron chi connectivity index (χ3n) is 2.29. The van der Waals surface area contributed by atoms with Crippen molar-refractivity contribution >= 4 is 35.1 Å². The number of amides is 2. The summed E-state index contributed by atoms with van der Waals surface area (Å²) in [5.41, 5.74) is 0.0845. The fraction of sp³-hybridized carbons (Fsp3) is 0.250. The fourth-order valence-corrected chi connectivity index (χ4v) is 1.60. The maximum absolute atomic E-state index is 11.5. The third kappa shape index (κ3) is 4.13. The Morgan fingerprint density at radius 2 is 2.00 bits per heavy atom. The normalized spacial score (nSPS) is 9.75. The van der Waals surface area contributed by atoms with E-state index in [1.807, 2.05) is 0 Å². The van der Waals surface area contributed by atoms with E-state index in [-0.39, 0.29) is 34.5 Å². The summed E-state index contributed by atoms with van der Waals surface area (Å²) in [6.07, 6.45) is 0. The van der Waals surface area contributed by atoms with E-state index < -0.39 is 11.9 Å². The van der Waals surface area contributed by atoms with Gasteiger partial charge in [0, 0.05) is 13.0 Å². The molecule has 7 nitrogen and oxygen atoms in total. The van der Waals surface area contributed by atoms with Crippen molar-refractivity contribution in [3.63, 3.8) is 0 Å². The zero-order valence-electron chi connectivity index (χ0n) is 10.8. The van der Waals surface area contributed by atoms with Gasteiger partial charge in [-0.1, -0.05) is 11.6 Å². The first-order chi connectivity index (χ1) is 9.35. The number of hydrogen-bond acceptors (Lipinski definition) is 4. The van der Waals surface area contributed by atoms with Gasteiger partial charge in [0.1, 0.15) is 11.3 Å². The summed E-state index contributed by atoms with van der Waals surface area (Å²) in [5, 5.41) is 13.8. The molecule has 0 radical (unpaired) electrons. The summed E-state index contributed by atoms with van der Waals surface area (Å²) in [4.78, 5) is 33.2. The number of carboxylic acid groups (broad SMARTS) is 1. The van der Waals surface area contributed by atoms with Gasteiger partial charge < -0.3 is 20.5 Å². The number of halogens is 1. The van der Waals surface area contributed by atoms with Crippen molar-refractivity contribution in [3.05, 3.63) is 22.7 Å². The van der Waals surface area contributed by atoms with Gasteiger partial charge in [-0.25, -0.2) is 4.79 Å². The molecular weight excluding hydrogens is 288 g/mol. The van der Waals surface area contributed by atoms with Gasteiger partial charge in [-0.15, -0.1) is 0 Å². The highest BCUT2D eigenvalue weighted by molar-refractivity contribution is 6.34. The molecule has 0 saturated carbocycles. The smallest absolute Gasteiger partial charge is 0.339 e. The quantitative estimate of drug-likeness (QED) is 0.756. The molecule has 0 atom stereocenters. The van der Waals surface area contributed by atoms with E-state index in [4.69, 9.17) is 21.4 Å². The molecule has 0 spiro atoms. The molecule has 0 saturated heterocycles. The Labute approximate surface area is 119 Å². The first-order valence-corrected chi connectivity index (χ1v) is 5.88. The highest BCUT2D eigenvalue weighted by Crippen LogP contribution is 2.30. The lowest BCUT2D eigenvalue weighted by Gasteiger charge is -2.11. The van der Waals surface area contributed by atoms with Crippen LogP contribution in [0.3, 0.4) is 0 Å². The number of methoxy groups -OCH3 is 1. The van der Waals surface area contributed by atoms with E-state index >= 15 is 0 Å². The molecule has 0 aliphatic rings. The number of ether oxygens (including phenoxy) is 1. The van der Waals surface area contributed by atoms with E-state index in [2.05, 4.69) is 10.6 Å². The van der Waals surface area contributed by atoms with Crippen LogP contribution in [0.2, 0.25) is 5.02 Å². The number of carbonyl (C=O) groups excluding carboxylic acids is 2. The van der Waals surface area contributed by atoms with Crippen LogP contribution in [0.25, 0.3) is 0 Å². The largest absolute Gasteiger partial charge is 0.496 e. The van der Waals surface area contributed by atoms with Gasteiger partial charge in [0.2, 0.25) is 11.8 Å². The lowest BCUT2D eigenvalue weighted by molar-refractivity contribution is -0.122. The summed E-state index contributed by atoms with van der Waals surface area (Å²) in [6, 6.07) is 2.48. The molecular formula is C12H13ClN2O5. The number of anilines is 1. The monoisotopic (exact) mass is 300 g/mol. The minimum absolute atomic E-state index is 0.0550. The van der Waals surface area contributed by atoms with Crippen LogP contribution in [0.4, 0.5) is 5.69 Å². The summed E-state index contributed by atoms with van der Waals surface area (Å²) in [6.45, 7) is 1.07. The second-order valence-corrected chi connectivity index (χ2v) is 4.20. The van der Waals surface area contributed by atoms with Crippen LogP contribution in [0.5, 0.6) is 5.75 Å². The molecule has 3 N–H and O–H groups in total. The Morgan fingerprint density at radius 3 is 2.50 bits per heavy atom. The third-order valence-corrected chi connectivity index (χ3v) is 2.60. The fourth-order valence-electron chi connectivity index (χ4n) is 1.38. The number of carboxylic acids is 1. The molecule has 1 aromatic carbocycles. The summed E-state index contributed by atoms with van der Waals surface area (Å²) in [7, 11) is 1.30. The van der Waals surface area contributed by atoms with Gasteiger partial charge in [0.25, 0.3) is 0 Å². The summed E-state index contributed by atoms with van der Waals surface area (Å²) >= 11 is 5.89. The van der Waals surface area contributed by atoms with Gasteiger partial charge in [0.15, 0.2) is 0 Å². The first kappa shape index (κ1) is 15.8. The van der Waals surface area contributed by atoms with Crippen LogP contribution in [0.1, 0.15) is 17.3 Å². The topological polar surface area (TPSA) is 105 Å². The molecule has 0 aliphatic carbocycles. The zero-order chi connectivity index (χ0) is 15.3. The SMILES string of the molecule is COc1cc(NC(=O)CNC(C)=O)c(Cl)cc1C(=O)O. The summed E-state index contributed by atoms with van der Waals surface area (Å²) in [5.74, 6) is -1.96. The van der Waals surface area contributed by atoms with Gasteiger partial charge in [-0.2, -0.15) is 0 Å². The van der Waals surface area contributed by atoms with Crippen LogP contribution >= 0.6 is 11.6 Å². The lowest BCUT2D eigenvalue weighted by Crippen LogP contribution is -2.31. The molecule has 1 rings (SSSR count). The molecule has 108 valence electrons. The highest BCUT2D eigenvalue weighted by Gasteiger charge is 2.16. The van der Waals surface area contributed by atoms with E-state index in [1.54, 1.807) is 0 Å². The second-order valence-electron chi connectivity index (χ2n) is 3.80. The molecule has 2 amide bonds. The van der Waals surface area contributed by atoms with Crippen LogP contribution in [0.15, 0.2) is 12.1 Å². The van der Waals surface area contributed by atoms with Crippen molar-refractivity contribution in [3.8, 4) is 5.75 Å². The van der Waals surface area contributed by atoms with Crippen LogP contribution < -0.4 is 15.4 Å². The second kappa shape index (κ2) is 6.76. The van der Waals surface area contributed by atoms with E-state index in [0.717, 1.165) is 0 Å². The van der Waals surface area contributed by atoms with Crippen molar-refractivity contribution in [2.45, 2.75) is 6.92 Å². The van der Waals surface area contributed by atoms with E-state index in [1.165, 1.54) is 26.2 Å². The average Bonchev–Trinajstić information content (AvgIpc) is 2.38. The molecule has 0 aliphatic heterocycles. The molecule has 0 bridgehead atoms. The molecule has 0 aromatic heterocycles. The van der Waals surface area contributed by atoms with Gasteiger partial charge in [-0.3, -0.25) is 9.59 Å². The molecule has 0 fully saturated rings. The molecule has 0 unspecified atom stereocenters. The van der Waals surface area contributed by atoms with Crippen molar-refractivity contribution in [2.24, 2.45) is 0 Å². The van der Waals surface area contributed by atoms with Crippen molar-refractivity contribution in [1.29, 1.82) is 0 Å². The zero-order valence-corrected chi connectivity index (χ0v) is 11.6. The van der Waals surface area contributed by atoms with Crippen molar-refractivity contribution < 1.29 is 24.2 Å². The number of benzene rings is 1. The number of nitrogens with one attached hydrogen (secondary N) is 2. The minimum Gasteiger partial charge on any atom is -0.496 e. The van der Waals surface area contributed by atoms with Gasteiger partial charge in [0.05, 0.1) is 24.4 Å². The Morgan fingerprint density at radius 1 is 1.35 bits per heavy atom. The minimum atomic E-state index is -1.19. The average molecular weight is 301 g/mol. The van der Waals surface area contributed by atoms with E-state index in [9.17, 15) is 14.4 Å². The van der Waals surface area contributed by atoms with Crippen LogP contribution in [0, 0.1) is 0 Å². The van der Waals surface area contributed by atoms with Gasteiger partial charge in [-0.05, 0) is 6.07 Å². The number of rotatable bonds is 5. The number of hydrogen-bond donors (Lipinski definition) is 3. The standard InChI is InChI=1S/C12H13ClN2O5/c1-6(16)14-5-11(17)15-9-4-10(20-2)7(12(18)19)3-8(9)13/h3-4H,5H2,1-2H3,(H,14,16)(H,15,17)(H,18,19). The number of aromatic carboxylic acids is 1. The summed E-state index contributed by atoms with van der Waals surface area (Å²) < 4.78 is 4.92. The number of carbonyl (C=O) groups is 3. The Hall–Kier alpha value is -2.28. The van der Waals surface area contributed by atoms with Crippen LogP contribution in [-0.4, -0.2) is 36.5 Å². The van der Waals surface area contributed by atoms with Crippen molar-refractivity contribution in [2.75, 3.05) is 19.0 Å². The Bertz CT molecular complexity index is 559. The Kier molecular flexibility index (Phi) is 5.33. The lowest BCUT2D eigenvalue weighted by atomic mass is 10.1. The van der Waals surface area contributed by atoms with E-state index in [0.29, 0.717) is 0 Å². The first-order valence-electron chi connectivity index (χ1n) is 5.50. The van der Waals surface area contributed by atoms with Crippen molar-refractivity contribution in [1.82, 2.24) is 5.32 Å². The molecule has 8 heteroatoms. The predicted molar refractivity (Wildman–Crippen MR) is 72.3 cm³/mol. The predicted octanol–water partition coefficient (Wildman–Crippen LogP) is 1.12. The molecule has 0 heterocycles. The maximum atomic E-state index is 11.5. The van der Waals surface area contributed by atoms with Gasteiger partial charge >= 0.3 is 5.97 Å². The molecule has 20 heavy (non-hydrogen) atoms. The Balaban J connectivity index is 2.93. The maximum Gasteiger partial charge on any atom is 0.339 e. The van der Waals surface area contributed by atoms with Crippen LogP contribution in [-0.2, 0) is 9.59 Å².